The predicted octanol–water partition coefficient (Wildman–Crippen LogP) is 3.00. The van der Waals surface area contributed by atoms with Crippen molar-refractivity contribution in [2.45, 2.75) is 25.3 Å². The second kappa shape index (κ2) is 11.5. The van der Waals surface area contributed by atoms with Crippen molar-refractivity contribution >= 4 is 40.0 Å². The highest BCUT2D eigenvalue weighted by molar-refractivity contribution is 6.02. The van der Waals surface area contributed by atoms with Crippen molar-refractivity contribution in [3.8, 4) is 5.75 Å². The minimum absolute atomic E-state index is 0.0496. The Hall–Kier alpha value is -5.52. The summed E-state index contributed by atoms with van der Waals surface area (Å²) < 4.78 is 5.90. The molecule has 0 fully saturated rings. The van der Waals surface area contributed by atoms with E-state index in [0.29, 0.717) is 35.8 Å². The summed E-state index contributed by atoms with van der Waals surface area (Å²) in [5, 5.41) is 20.2. The molecular formula is C30H28N8O4. The van der Waals surface area contributed by atoms with E-state index in [0.717, 1.165) is 22.0 Å². The molecule has 0 saturated carbocycles. The van der Waals surface area contributed by atoms with Gasteiger partial charge in [-0.2, -0.15) is 5.10 Å². The lowest BCUT2D eigenvalue weighted by atomic mass is 10.1. The summed E-state index contributed by atoms with van der Waals surface area (Å²) in [6.07, 6.45) is 2.91. The Labute approximate surface area is 240 Å². The standard InChI is InChI=1S/C30H28N8O4/c1-38-24-13-19(8-12-27(39)32-21-9-10-22-20(15-21)16-31-35-22)7-11-25(24)42-17-23(30(38)41)33-29(40)28-34-26(36-37-28)14-18-5-3-2-4-6-18/h2-7,9-11,13,15-16,23H,8,12,14,17H2,1H3,(H,31,35)(H,32,39)(H,33,40)(H,34,36,37)/t23-/m1/s1. The number of hydrogen-bond donors (Lipinski definition) is 4. The second-order valence-corrected chi connectivity index (χ2v) is 10.0. The van der Waals surface area contributed by atoms with E-state index in [9.17, 15) is 14.4 Å². The first-order valence-electron chi connectivity index (χ1n) is 13.5. The number of aromatic nitrogens is 5. The number of aromatic amines is 2. The van der Waals surface area contributed by atoms with Gasteiger partial charge in [0.15, 0.2) is 0 Å². The molecule has 212 valence electrons. The maximum absolute atomic E-state index is 13.3. The summed E-state index contributed by atoms with van der Waals surface area (Å²) in [4.78, 5) is 44.5. The molecule has 42 heavy (non-hydrogen) atoms. The number of benzene rings is 3. The van der Waals surface area contributed by atoms with Crippen LogP contribution in [0.3, 0.4) is 0 Å². The first-order chi connectivity index (χ1) is 20.4. The molecule has 12 heteroatoms. The minimum atomic E-state index is -0.937. The first-order valence-corrected chi connectivity index (χ1v) is 13.5. The highest BCUT2D eigenvalue weighted by Crippen LogP contribution is 2.32. The summed E-state index contributed by atoms with van der Waals surface area (Å²) in [6.45, 7) is -0.0496. The summed E-state index contributed by atoms with van der Waals surface area (Å²) >= 11 is 0. The summed E-state index contributed by atoms with van der Waals surface area (Å²) in [6, 6.07) is 19.8. The molecule has 3 aromatic carbocycles. The zero-order valence-electron chi connectivity index (χ0n) is 22.8. The number of anilines is 2. The van der Waals surface area contributed by atoms with E-state index in [4.69, 9.17) is 4.74 Å². The van der Waals surface area contributed by atoms with Crippen LogP contribution in [0.25, 0.3) is 10.9 Å². The second-order valence-electron chi connectivity index (χ2n) is 10.0. The molecule has 1 aliphatic heterocycles. The Morgan fingerprint density at radius 2 is 1.90 bits per heavy atom. The summed E-state index contributed by atoms with van der Waals surface area (Å²) in [7, 11) is 1.63. The van der Waals surface area contributed by atoms with Crippen molar-refractivity contribution in [3.05, 3.63) is 95.7 Å². The Bertz CT molecular complexity index is 1760. The van der Waals surface area contributed by atoms with Crippen molar-refractivity contribution in [3.63, 3.8) is 0 Å². The molecule has 1 atom stereocenters. The molecule has 12 nitrogen and oxygen atoms in total. The van der Waals surface area contributed by atoms with E-state index < -0.39 is 11.9 Å². The zero-order valence-corrected chi connectivity index (χ0v) is 22.8. The largest absolute Gasteiger partial charge is 0.489 e. The number of carbonyl (C=O) groups is 3. The maximum atomic E-state index is 13.3. The van der Waals surface area contributed by atoms with E-state index in [1.165, 1.54) is 4.90 Å². The number of nitrogens with one attached hydrogen (secondary N) is 4. The van der Waals surface area contributed by atoms with E-state index in [1.807, 2.05) is 60.7 Å². The molecule has 1 aliphatic rings. The van der Waals surface area contributed by atoms with E-state index in [1.54, 1.807) is 19.3 Å². The average molecular weight is 565 g/mol. The van der Waals surface area contributed by atoms with Crippen LogP contribution < -0.4 is 20.3 Å². The smallest absolute Gasteiger partial charge is 0.291 e. The molecule has 0 saturated heterocycles. The minimum Gasteiger partial charge on any atom is -0.489 e. The van der Waals surface area contributed by atoms with Crippen LogP contribution in [0.2, 0.25) is 0 Å². The molecule has 0 radical (unpaired) electrons. The molecule has 2 aromatic heterocycles. The normalized spacial score (nSPS) is 14.6. The predicted molar refractivity (Wildman–Crippen MR) is 155 cm³/mol. The fourth-order valence-electron chi connectivity index (χ4n) is 4.79. The van der Waals surface area contributed by atoms with Crippen molar-refractivity contribution < 1.29 is 19.1 Å². The molecular weight excluding hydrogens is 536 g/mol. The maximum Gasteiger partial charge on any atom is 0.291 e. The van der Waals surface area contributed by atoms with Crippen LogP contribution in [0.5, 0.6) is 5.75 Å². The van der Waals surface area contributed by atoms with Crippen LogP contribution >= 0.6 is 0 Å². The van der Waals surface area contributed by atoms with Gasteiger partial charge in [0.2, 0.25) is 11.7 Å². The van der Waals surface area contributed by atoms with Gasteiger partial charge in [0.1, 0.15) is 24.2 Å². The van der Waals surface area contributed by atoms with Crippen LogP contribution in [-0.2, 0) is 22.4 Å². The van der Waals surface area contributed by atoms with E-state index >= 15 is 0 Å². The number of likely N-dealkylation sites (N-methyl/N-ethyl adjacent to an activating group) is 1. The van der Waals surface area contributed by atoms with Crippen molar-refractivity contribution in [2.24, 2.45) is 0 Å². The zero-order chi connectivity index (χ0) is 29.1. The number of ether oxygens (including phenoxy) is 1. The molecule has 6 rings (SSSR count). The topological polar surface area (TPSA) is 158 Å². The van der Waals surface area contributed by atoms with Gasteiger partial charge in [-0.25, -0.2) is 4.98 Å². The van der Waals surface area contributed by atoms with Gasteiger partial charge in [0.05, 0.1) is 17.4 Å². The number of amides is 3. The molecule has 5 aromatic rings. The van der Waals surface area contributed by atoms with E-state index in [-0.39, 0.29) is 30.7 Å². The lowest BCUT2D eigenvalue weighted by molar-refractivity contribution is -0.120. The number of hydrogen-bond acceptors (Lipinski definition) is 7. The number of carbonyl (C=O) groups excluding carboxylic acids is 3. The van der Waals surface area contributed by atoms with E-state index in [2.05, 4.69) is 36.0 Å². The average Bonchev–Trinajstić information content (AvgIpc) is 3.65. The molecule has 0 spiro atoms. The number of fused-ring (bicyclic) bond motifs is 2. The van der Waals surface area contributed by atoms with Gasteiger partial charge in [-0.3, -0.25) is 24.6 Å². The fraction of sp³-hybridized carbons (Fsp3) is 0.200. The highest BCUT2D eigenvalue weighted by atomic mass is 16.5. The number of rotatable bonds is 8. The Morgan fingerprint density at radius 3 is 2.76 bits per heavy atom. The van der Waals surface area contributed by atoms with Crippen LogP contribution in [-0.4, -0.2) is 62.8 Å². The lowest BCUT2D eigenvalue weighted by Gasteiger charge is -2.20. The number of aryl methyl sites for hydroxylation is 1. The third-order valence-corrected chi connectivity index (χ3v) is 7.04. The van der Waals surface area contributed by atoms with Gasteiger partial charge >= 0.3 is 0 Å². The highest BCUT2D eigenvalue weighted by Gasteiger charge is 2.31. The van der Waals surface area contributed by atoms with Gasteiger partial charge in [0.25, 0.3) is 11.8 Å². The van der Waals surface area contributed by atoms with Crippen LogP contribution in [0.15, 0.2) is 72.9 Å². The van der Waals surface area contributed by atoms with Crippen molar-refractivity contribution in [2.75, 3.05) is 23.9 Å². The first kappa shape index (κ1) is 26.7. The third-order valence-electron chi connectivity index (χ3n) is 7.04. The quantitative estimate of drug-likeness (QED) is 0.226. The summed E-state index contributed by atoms with van der Waals surface area (Å²) in [5.41, 5.74) is 4.04. The number of nitrogens with zero attached hydrogens (tertiary/aromatic N) is 4. The molecule has 0 aliphatic carbocycles. The van der Waals surface area contributed by atoms with Gasteiger partial charge in [-0.05, 0) is 47.9 Å². The van der Waals surface area contributed by atoms with Crippen molar-refractivity contribution in [1.29, 1.82) is 0 Å². The van der Waals surface area contributed by atoms with Crippen LogP contribution in [0, 0.1) is 0 Å². The molecule has 0 unspecified atom stereocenters. The lowest BCUT2D eigenvalue weighted by Crippen LogP contribution is -2.49. The van der Waals surface area contributed by atoms with Crippen LogP contribution in [0.4, 0.5) is 11.4 Å². The van der Waals surface area contributed by atoms with Crippen molar-refractivity contribution in [1.82, 2.24) is 30.7 Å². The van der Waals surface area contributed by atoms with Gasteiger partial charge < -0.3 is 20.3 Å². The molecule has 4 N–H and O–H groups in total. The number of H-pyrrole nitrogens is 2. The molecule has 0 bridgehead atoms. The van der Waals surface area contributed by atoms with Gasteiger partial charge in [-0.15, -0.1) is 5.10 Å². The Balaban J connectivity index is 1.06. The third kappa shape index (κ3) is 5.82. The summed E-state index contributed by atoms with van der Waals surface area (Å²) in [5.74, 6) is -0.0532. The van der Waals surface area contributed by atoms with Gasteiger partial charge in [-0.1, -0.05) is 36.4 Å². The monoisotopic (exact) mass is 564 g/mol. The Morgan fingerprint density at radius 1 is 1.05 bits per heavy atom. The molecule has 3 heterocycles. The Kier molecular flexibility index (Phi) is 7.33. The van der Waals surface area contributed by atoms with Crippen LogP contribution in [0.1, 0.15) is 34.0 Å². The fourth-order valence-corrected chi connectivity index (χ4v) is 4.79. The SMILES string of the molecule is CN1C(=O)[C@H](NC(=O)c2n[nH]c(Cc3ccccc3)n2)COc2ccc(CCC(=O)Nc3ccc4[nH]ncc4c3)cc21. The molecule has 3 amide bonds. The van der Waals surface area contributed by atoms with Gasteiger partial charge in [0, 0.05) is 31.0 Å².